The molecular weight excluding hydrogens is 260 g/mol. The Morgan fingerprint density at radius 1 is 1.14 bits per heavy atom. The molecule has 1 atom stereocenters. The summed E-state index contributed by atoms with van der Waals surface area (Å²) in [5.41, 5.74) is 8.76. The first-order chi connectivity index (χ1) is 10.2. The van der Waals surface area contributed by atoms with Crippen LogP contribution in [0.15, 0.2) is 48.8 Å². The second kappa shape index (κ2) is 5.86. The summed E-state index contributed by atoms with van der Waals surface area (Å²) in [4.78, 5) is 4.13. The van der Waals surface area contributed by atoms with Crippen LogP contribution in [0, 0.1) is 0 Å². The smallest absolute Gasteiger partial charge is 0.0678 e. The van der Waals surface area contributed by atoms with Crippen LogP contribution < -0.4 is 5.73 Å². The van der Waals surface area contributed by atoms with Gasteiger partial charge in [-0.15, -0.1) is 0 Å². The van der Waals surface area contributed by atoms with Gasteiger partial charge in [0.2, 0.25) is 0 Å². The minimum Gasteiger partial charge on any atom is -0.398 e. The minimum absolute atomic E-state index is 0.135. The van der Waals surface area contributed by atoms with Crippen molar-refractivity contribution in [2.45, 2.75) is 43.6 Å². The fourth-order valence-corrected chi connectivity index (χ4v) is 3.60. The predicted octanol–water partition coefficient (Wildman–Crippen LogP) is 3.08. The number of pyridine rings is 1. The Morgan fingerprint density at radius 2 is 1.86 bits per heavy atom. The van der Waals surface area contributed by atoms with Gasteiger partial charge in [-0.3, -0.25) is 4.98 Å². The Labute approximate surface area is 125 Å². The Morgan fingerprint density at radius 3 is 2.52 bits per heavy atom. The number of aliphatic hydroxyl groups excluding tert-OH is 1. The van der Waals surface area contributed by atoms with E-state index in [9.17, 15) is 5.11 Å². The molecule has 3 heteroatoms. The molecule has 1 aliphatic rings. The molecule has 3 nitrogen and oxygen atoms in total. The van der Waals surface area contributed by atoms with Gasteiger partial charge in [0, 0.05) is 29.9 Å². The van der Waals surface area contributed by atoms with Gasteiger partial charge in [0.1, 0.15) is 0 Å². The number of hydrogen-bond acceptors (Lipinski definition) is 3. The van der Waals surface area contributed by atoms with E-state index in [-0.39, 0.29) is 5.41 Å². The van der Waals surface area contributed by atoms with Crippen LogP contribution in [0.5, 0.6) is 0 Å². The molecule has 1 aromatic carbocycles. The van der Waals surface area contributed by atoms with Gasteiger partial charge in [-0.25, -0.2) is 0 Å². The summed E-state index contributed by atoms with van der Waals surface area (Å²) in [5.74, 6) is 0. The van der Waals surface area contributed by atoms with Crippen LogP contribution in [0.2, 0.25) is 0 Å². The van der Waals surface area contributed by atoms with Crippen molar-refractivity contribution >= 4 is 5.69 Å². The Bertz CT molecular complexity index is 591. The summed E-state index contributed by atoms with van der Waals surface area (Å²) in [6.07, 6.45) is 8.03. The maximum atomic E-state index is 10.9. The standard InChI is InChI=1S/C18H22N2O/c19-16-8-11-20-13-14(16)12-17(21)18(9-4-5-10-18)15-6-2-1-3-7-15/h1-3,6-8,11,13,17,21H,4-5,9-10,12H2,(H2,19,20). The van der Waals surface area contributed by atoms with Crippen LogP contribution in [0.1, 0.15) is 36.8 Å². The number of rotatable bonds is 4. The van der Waals surface area contributed by atoms with Crippen molar-refractivity contribution in [2.24, 2.45) is 0 Å². The largest absolute Gasteiger partial charge is 0.398 e. The van der Waals surface area contributed by atoms with Crippen LogP contribution in [-0.4, -0.2) is 16.2 Å². The molecule has 1 heterocycles. The molecule has 0 saturated heterocycles. The van der Waals surface area contributed by atoms with E-state index in [2.05, 4.69) is 29.2 Å². The van der Waals surface area contributed by atoms with Crippen molar-refractivity contribution in [3.05, 3.63) is 59.9 Å². The van der Waals surface area contributed by atoms with Crippen LogP contribution in [0.4, 0.5) is 5.69 Å². The molecule has 1 unspecified atom stereocenters. The van der Waals surface area contributed by atoms with Crippen LogP contribution in [0.3, 0.4) is 0 Å². The van der Waals surface area contributed by atoms with Gasteiger partial charge in [0.25, 0.3) is 0 Å². The van der Waals surface area contributed by atoms with E-state index in [1.165, 1.54) is 18.4 Å². The second-order valence-corrected chi connectivity index (χ2v) is 6.02. The molecule has 1 saturated carbocycles. The number of aromatic nitrogens is 1. The number of hydrogen-bond donors (Lipinski definition) is 2. The highest BCUT2D eigenvalue weighted by Crippen LogP contribution is 2.44. The Balaban J connectivity index is 1.90. The van der Waals surface area contributed by atoms with Crippen molar-refractivity contribution in [3.63, 3.8) is 0 Å². The minimum atomic E-state index is -0.422. The maximum absolute atomic E-state index is 10.9. The summed E-state index contributed by atoms with van der Waals surface area (Å²) in [6.45, 7) is 0. The van der Waals surface area contributed by atoms with E-state index in [1.807, 2.05) is 6.07 Å². The van der Waals surface area contributed by atoms with Crippen LogP contribution >= 0.6 is 0 Å². The molecule has 1 aliphatic carbocycles. The first-order valence-corrected chi connectivity index (χ1v) is 7.64. The lowest BCUT2D eigenvalue weighted by Crippen LogP contribution is -2.38. The van der Waals surface area contributed by atoms with Gasteiger partial charge >= 0.3 is 0 Å². The van der Waals surface area contributed by atoms with E-state index in [4.69, 9.17) is 5.73 Å². The number of aliphatic hydroxyl groups is 1. The van der Waals surface area contributed by atoms with Crippen molar-refractivity contribution in [2.75, 3.05) is 5.73 Å². The average molecular weight is 282 g/mol. The highest BCUT2D eigenvalue weighted by Gasteiger charge is 2.41. The first-order valence-electron chi connectivity index (χ1n) is 7.64. The van der Waals surface area contributed by atoms with Gasteiger partial charge < -0.3 is 10.8 Å². The summed E-state index contributed by atoms with van der Waals surface area (Å²) < 4.78 is 0. The lowest BCUT2D eigenvalue weighted by molar-refractivity contribution is 0.0826. The second-order valence-electron chi connectivity index (χ2n) is 6.02. The molecule has 0 bridgehead atoms. The van der Waals surface area contributed by atoms with Gasteiger partial charge in [0.15, 0.2) is 0 Å². The zero-order chi connectivity index (χ0) is 14.7. The molecule has 3 rings (SSSR count). The highest BCUT2D eigenvalue weighted by molar-refractivity contribution is 5.45. The quantitative estimate of drug-likeness (QED) is 0.906. The predicted molar refractivity (Wildman–Crippen MR) is 84.9 cm³/mol. The average Bonchev–Trinajstić information content (AvgIpc) is 3.01. The number of nitrogens with zero attached hydrogens (tertiary/aromatic N) is 1. The van der Waals surface area contributed by atoms with Crippen molar-refractivity contribution in [1.82, 2.24) is 4.98 Å². The van der Waals surface area contributed by atoms with Gasteiger partial charge in [-0.2, -0.15) is 0 Å². The van der Waals surface area contributed by atoms with Crippen molar-refractivity contribution in [1.29, 1.82) is 0 Å². The molecule has 0 amide bonds. The van der Waals surface area contributed by atoms with Crippen LogP contribution in [0.25, 0.3) is 0 Å². The SMILES string of the molecule is Nc1ccncc1CC(O)C1(c2ccccc2)CCCC1. The molecule has 0 radical (unpaired) electrons. The molecular formula is C18H22N2O. The van der Waals surface area contributed by atoms with Crippen molar-refractivity contribution < 1.29 is 5.11 Å². The number of nitrogens with two attached hydrogens (primary N) is 1. The Kier molecular flexibility index (Phi) is 3.93. The zero-order valence-electron chi connectivity index (χ0n) is 12.2. The van der Waals surface area contributed by atoms with E-state index in [0.717, 1.165) is 18.4 Å². The lowest BCUT2D eigenvalue weighted by atomic mass is 9.72. The molecule has 1 fully saturated rings. The normalized spacial score (nSPS) is 18.5. The fourth-order valence-electron chi connectivity index (χ4n) is 3.60. The third-order valence-electron chi connectivity index (χ3n) is 4.84. The molecule has 2 aromatic rings. The highest BCUT2D eigenvalue weighted by atomic mass is 16.3. The lowest BCUT2D eigenvalue weighted by Gasteiger charge is -2.35. The first kappa shape index (κ1) is 14.1. The van der Waals surface area contributed by atoms with Crippen molar-refractivity contribution in [3.8, 4) is 0 Å². The van der Waals surface area contributed by atoms with E-state index >= 15 is 0 Å². The summed E-state index contributed by atoms with van der Waals surface area (Å²) in [6, 6.07) is 12.2. The molecule has 3 N–H and O–H groups in total. The van der Waals surface area contributed by atoms with Crippen LogP contribution in [-0.2, 0) is 11.8 Å². The third kappa shape index (κ3) is 2.66. The third-order valence-corrected chi connectivity index (χ3v) is 4.84. The van der Waals surface area contributed by atoms with E-state index < -0.39 is 6.10 Å². The van der Waals surface area contributed by atoms with E-state index in [1.54, 1.807) is 18.5 Å². The summed E-state index contributed by atoms with van der Waals surface area (Å²) in [5, 5.41) is 10.9. The summed E-state index contributed by atoms with van der Waals surface area (Å²) >= 11 is 0. The maximum Gasteiger partial charge on any atom is 0.0678 e. The Hall–Kier alpha value is -1.87. The number of benzene rings is 1. The van der Waals surface area contributed by atoms with Gasteiger partial charge in [-0.05, 0) is 30.0 Å². The molecule has 1 aromatic heterocycles. The molecule has 0 aliphatic heterocycles. The molecule has 21 heavy (non-hydrogen) atoms. The molecule has 110 valence electrons. The molecule has 0 spiro atoms. The van der Waals surface area contributed by atoms with Gasteiger partial charge in [0.05, 0.1) is 6.10 Å². The summed E-state index contributed by atoms with van der Waals surface area (Å²) in [7, 11) is 0. The van der Waals surface area contributed by atoms with Gasteiger partial charge in [-0.1, -0.05) is 43.2 Å². The number of nitrogen functional groups attached to an aromatic ring is 1. The fraction of sp³-hybridized carbons (Fsp3) is 0.389. The monoisotopic (exact) mass is 282 g/mol. The number of anilines is 1. The zero-order valence-corrected chi connectivity index (χ0v) is 12.2. The topological polar surface area (TPSA) is 59.1 Å². The van der Waals surface area contributed by atoms with E-state index in [0.29, 0.717) is 12.1 Å².